The molecule has 3 aliphatic rings. The van der Waals surface area contributed by atoms with Crippen molar-refractivity contribution in [2.24, 2.45) is 5.41 Å². The highest BCUT2D eigenvalue weighted by Crippen LogP contribution is 2.49. The third-order valence-electron chi connectivity index (χ3n) is 6.36. The third kappa shape index (κ3) is 3.41. The Morgan fingerprint density at radius 1 is 1.03 bits per heavy atom. The first-order valence-electron chi connectivity index (χ1n) is 10.5. The van der Waals surface area contributed by atoms with E-state index in [-0.39, 0.29) is 36.2 Å². The van der Waals surface area contributed by atoms with E-state index in [1.165, 1.54) is 0 Å². The molecule has 1 unspecified atom stereocenters. The van der Waals surface area contributed by atoms with Crippen molar-refractivity contribution >= 4 is 29.0 Å². The molecule has 5 rings (SSSR count). The number of aryl methyl sites for hydroxylation is 1. The second-order valence-corrected chi connectivity index (χ2v) is 9.74. The van der Waals surface area contributed by atoms with Crippen LogP contribution < -0.4 is 14.4 Å². The number of ketones is 1. The summed E-state index contributed by atoms with van der Waals surface area (Å²) in [4.78, 5) is 28.6. The summed E-state index contributed by atoms with van der Waals surface area (Å²) in [6, 6.07) is 11.3. The zero-order chi connectivity index (χ0) is 21.9. The topological polar surface area (TPSA) is 55.8 Å². The van der Waals surface area contributed by atoms with Gasteiger partial charge in [-0.05, 0) is 54.2 Å². The Balaban J connectivity index is 1.66. The van der Waals surface area contributed by atoms with E-state index in [1.807, 2.05) is 43.3 Å². The summed E-state index contributed by atoms with van der Waals surface area (Å²) in [5.41, 5.74) is 3.86. The van der Waals surface area contributed by atoms with E-state index in [1.54, 1.807) is 4.90 Å². The number of carbonyl (C=O) groups is 2. The normalized spacial score (nSPS) is 22.1. The predicted octanol–water partition coefficient (Wildman–Crippen LogP) is 5.54. The maximum atomic E-state index is 13.5. The summed E-state index contributed by atoms with van der Waals surface area (Å²) in [6.45, 7) is 6.26. The molecule has 0 saturated carbocycles. The largest absolute Gasteiger partial charge is 0.454 e. The molecule has 2 aromatic carbocycles. The number of fused-ring (bicyclic) bond motifs is 1. The van der Waals surface area contributed by atoms with Gasteiger partial charge in [-0.2, -0.15) is 0 Å². The van der Waals surface area contributed by atoms with Crippen LogP contribution >= 0.6 is 11.6 Å². The van der Waals surface area contributed by atoms with Crippen molar-refractivity contribution in [2.45, 2.75) is 46.0 Å². The molecule has 0 saturated heterocycles. The Hall–Kier alpha value is -2.79. The van der Waals surface area contributed by atoms with E-state index in [4.69, 9.17) is 21.1 Å². The number of carbonyl (C=O) groups excluding carboxylic acids is 2. The molecule has 1 amide bonds. The fourth-order valence-electron chi connectivity index (χ4n) is 4.85. The Kier molecular flexibility index (Phi) is 4.63. The van der Waals surface area contributed by atoms with Gasteiger partial charge in [0.05, 0.1) is 5.69 Å². The molecule has 0 fully saturated rings. The molecular formula is C25H24ClNO4. The van der Waals surface area contributed by atoms with Crippen LogP contribution in [-0.2, 0) is 9.59 Å². The average molecular weight is 438 g/mol. The first-order valence-corrected chi connectivity index (χ1v) is 10.9. The predicted molar refractivity (Wildman–Crippen MR) is 119 cm³/mol. The number of Topliss-reactive ketones (excluding diaryl/α,β-unsaturated/α-hetero) is 1. The molecule has 5 nitrogen and oxygen atoms in total. The van der Waals surface area contributed by atoms with E-state index >= 15 is 0 Å². The van der Waals surface area contributed by atoms with Crippen LogP contribution in [0.2, 0.25) is 5.02 Å². The molecule has 2 aliphatic heterocycles. The van der Waals surface area contributed by atoms with E-state index in [2.05, 4.69) is 13.8 Å². The van der Waals surface area contributed by atoms with Crippen LogP contribution in [0.4, 0.5) is 5.69 Å². The highest BCUT2D eigenvalue weighted by molar-refractivity contribution is 6.31. The number of allylic oxidation sites excluding steroid dienone is 2. The van der Waals surface area contributed by atoms with Gasteiger partial charge in [0.25, 0.3) is 0 Å². The summed E-state index contributed by atoms with van der Waals surface area (Å²) >= 11 is 6.37. The van der Waals surface area contributed by atoms with Gasteiger partial charge >= 0.3 is 0 Å². The SMILES string of the molecule is Cc1ccc(N2C(=O)CC(c3ccc4c(c3)OCO4)C3=C2CC(C)(C)CC3=O)cc1Cl. The number of hydrogen-bond acceptors (Lipinski definition) is 4. The summed E-state index contributed by atoms with van der Waals surface area (Å²) < 4.78 is 11.0. The fraction of sp³-hybridized carbons (Fsp3) is 0.360. The highest BCUT2D eigenvalue weighted by atomic mass is 35.5. The van der Waals surface area contributed by atoms with Crippen molar-refractivity contribution in [1.29, 1.82) is 0 Å². The Morgan fingerprint density at radius 3 is 2.58 bits per heavy atom. The zero-order valence-electron chi connectivity index (χ0n) is 17.8. The second-order valence-electron chi connectivity index (χ2n) is 9.33. The molecule has 2 aromatic rings. The fourth-order valence-corrected chi connectivity index (χ4v) is 5.03. The van der Waals surface area contributed by atoms with Crippen LogP contribution in [0.3, 0.4) is 0 Å². The Morgan fingerprint density at radius 2 is 1.81 bits per heavy atom. The number of anilines is 1. The van der Waals surface area contributed by atoms with Crippen LogP contribution in [-0.4, -0.2) is 18.5 Å². The summed E-state index contributed by atoms with van der Waals surface area (Å²) in [5, 5.41) is 0.603. The minimum absolute atomic E-state index is 0.0353. The molecule has 1 aliphatic carbocycles. The van der Waals surface area contributed by atoms with Crippen molar-refractivity contribution in [3.63, 3.8) is 0 Å². The van der Waals surface area contributed by atoms with Crippen LogP contribution in [0.5, 0.6) is 11.5 Å². The lowest BCUT2D eigenvalue weighted by molar-refractivity contribution is -0.121. The number of nitrogens with zero attached hydrogens (tertiary/aromatic N) is 1. The Labute approximate surface area is 186 Å². The van der Waals surface area contributed by atoms with Gasteiger partial charge in [0, 0.05) is 35.1 Å². The molecule has 0 bridgehead atoms. The maximum absolute atomic E-state index is 13.5. The molecular weight excluding hydrogens is 414 g/mol. The van der Waals surface area contributed by atoms with Crippen molar-refractivity contribution in [2.75, 3.05) is 11.7 Å². The lowest BCUT2D eigenvalue weighted by atomic mass is 9.69. The van der Waals surface area contributed by atoms with Gasteiger partial charge in [-0.3, -0.25) is 14.5 Å². The lowest BCUT2D eigenvalue weighted by Crippen LogP contribution is -2.43. The van der Waals surface area contributed by atoms with Gasteiger partial charge in [0.15, 0.2) is 17.3 Å². The second kappa shape index (κ2) is 7.13. The number of hydrogen-bond donors (Lipinski definition) is 0. The molecule has 160 valence electrons. The lowest BCUT2D eigenvalue weighted by Gasteiger charge is -2.43. The number of benzene rings is 2. The van der Waals surface area contributed by atoms with Crippen LogP contribution in [0.1, 0.15) is 50.2 Å². The highest BCUT2D eigenvalue weighted by Gasteiger charge is 2.44. The van der Waals surface area contributed by atoms with Crippen molar-refractivity contribution in [1.82, 2.24) is 0 Å². The van der Waals surface area contributed by atoms with Crippen molar-refractivity contribution < 1.29 is 19.1 Å². The first-order chi connectivity index (χ1) is 14.7. The van der Waals surface area contributed by atoms with Gasteiger partial charge in [-0.1, -0.05) is 37.6 Å². The minimum Gasteiger partial charge on any atom is -0.454 e. The van der Waals surface area contributed by atoms with Gasteiger partial charge < -0.3 is 9.47 Å². The van der Waals surface area contributed by atoms with Crippen LogP contribution in [0.15, 0.2) is 47.7 Å². The zero-order valence-corrected chi connectivity index (χ0v) is 18.6. The average Bonchev–Trinajstić information content (AvgIpc) is 3.16. The molecule has 0 radical (unpaired) electrons. The molecule has 1 atom stereocenters. The van der Waals surface area contributed by atoms with Gasteiger partial charge in [-0.15, -0.1) is 0 Å². The molecule has 2 heterocycles. The summed E-state index contributed by atoms with van der Waals surface area (Å²) in [7, 11) is 0. The monoisotopic (exact) mass is 437 g/mol. The molecule has 0 aromatic heterocycles. The number of amides is 1. The van der Waals surface area contributed by atoms with E-state index in [9.17, 15) is 9.59 Å². The molecule has 0 N–H and O–H groups in total. The number of halogens is 1. The van der Waals surface area contributed by atoms with Crippen molar-refractivity contribution in [3.8, 4) is 11.5 Å². The van der Waals surface area contributed by atoms with E-state index in [0.29, 0.717) is 35.1 Å². The van der Waals surface area contributed by atoms with Crippen LogP contribution in [0.25, 0.3) is 0 Å². The van der Waals surface area contributed by atoms with Gasteiger partial charge in [0.2, 0.25) is 12.7 Å². The standard InChI is InChI=1S/C25H24ClNO4/c1-14-4-6-16(9-18(14)26)27-19-11-25(2,3)12-20(28)24(19)17(10-23(27)29)15-5-7-21-22(8-15)31-13-30-21/h4-9,17H,10-13H2,1-3H3. The summed E-state index contributed by atoms with van der Waals surface area (Å²) in [6.07, 6.45) is 1.33. The molecule has 0 spiro atoms. The Bertz CT molecular complexity index is 1150. The quantitative estimate of drug-likeness (QED) is 0.618. The molecule has 31 heavy (non-hydrogen) atoms. The maximum Gasteiger partial charge on any atom is 0.232 e. The van der Waals surface area contributed by atoms with E-state index < -0.39 is 0 Å². The summed E-state index contributed by atoms with van der Waals surface area (Å²) in [5.74, 6) is 1.12. The van der Waals surface area contributed by atoms with E-state index in [0.717, 1.165) is 22.4 Å². The van der Waals surface area contributed by atoms with Crippen molar-refractivity contribution in [3.05, 3.63) is 63.8 Å². The first kappa shape index (κ1) is 20.1. The van der Waals surface area contributed by atoms with Gasteiger partial charge in [-0.25, -0.2) is 0 Å². The van der Waals surface area contributed by atoms with Crippen LogP contribution in [0, 0.1) is 12.3 Å². The number of ether oxygens (including phenoxy) is 2. The number of rotatable bonds is 2. The smallest absolute Gasteiger partial charge is 0.232 e. The minimum atomic E-state index is -0.294. The molecule has 6 heteroatoms. The third-order valence-corrected chi connectivity index (χ3v) is 6.76. The van der Waals surface area contributed by atoms with Gasteiger partial charge in [0.1, 0.15) is 0 Å².